The first-order valence-electron chi connectivity index (χ1n) is 4.30. The molecule has 0 amide bonds. The van der Waals surface area contributed by atoms with Crippen LogP contribution in [0, 0.1) is 0 Å². The van der Waals surface area contributed by atoms with Crippen molar-refractivity contribution in [3.05, 3.63) is 22.9 Å². The Morgan fingerprint density at radius 2 is 2.25 bits per heavy atom. The van der Waals surface area contributed by atoms with Crippen LogP contribution >= 0.6 is 0 Å². The van der Waals surface area contributed by atoms with Gasteiger partial charge in [-0.15, -0.1) is 0 Å². The second-order valence-electron chi connectivity index (χ2n) is 3.20. The topological polar surface area (TPSA) is 52.9 Å². The summed E-state index contributed by atoms with van der Waals surface area (Å²) in [6, 6.07) is 0.469. The van der Waals surface area contributed by atoms with E-state index >= 15 is 0 Å². The summed E-state index contributed by atoms with van der Waals surface area (Å²) in [6.07, 6.45) is 5.96. The van der Waals surface area contributed by atoms with Crippen molar-refractivity contribution in [2.45, 2.75) is 25.4 Å². The molecular formula is C8H13N3O. The molecule has 0 bridgehead atoms. The summed E-state index contributed by atoms with van der Waals surface area (Å²) in [5, 5.41) is 0. The lowest BCUT2D eigenvalue weighted by molar-refractivity contribution is 0.626. The Bertz CT molecular complexity index is 321. The van der Waals surface area contributed by atoms with Gasteiger partial charge in [0, 0.05) is 31.5 Å². The Hall–Kier alpha value is -1.03. The molecule has 0 radical (unpaired) electrons. The highest BCUT2D eigenvalue weighted by atomic mass is 16.1. The molecule has 1 fully saturated rings. The van der Waals surface area contributed by atoms with E-state index in [4.69, 9.17) is 5.73 Å². The molecule has 1 aliphatic carbocycles. The summed E-state index contributed by atoms with van der Waals surface area (Å²) in [4.78, 5) is 11.5. The maximum Gasteiger partial charge on any atom is 0.328 e. The fourth-order valence-corrected chi connectivity index (χ4v) is 1.37. The largest absolute Gasteiger partial charge is 0.329 e. The quantitative estimate of drug-likeness (QED) is 0.686. The number of nitrogens with zero attached hydrogens (tertiary/aromatic N) is 2. The molecule has 66 valence electrons. The van der Waals surface area contributed by atoms with Crippen molar-refractivity contribution in [1.82, 2.24) is 9.13 Å². The molecule has 4 heteroatoms. The SMILES string of the molecule is NCCn1ccn(C2CC2)c1=O. The van der Waals surface area contributed by atoms with Gasteiger partial charge < -0.3 is 5.73 Å². The van der Waals surface area contributed by atoms with Crippen molar-refractivity contribution in [2.24, 2.45) is 5.73 Å². The van der Waals surface area contributed by atoms with Gasteiger partial charge in [0.2, 0.25) is 0 Å². The molecule has 12 heavy (non-hydrogen) atoms. The molecule has 2 rings (SSSR count). The van der Waals surface area contributed by atoms with Crippen LogP contribution in [0.1, 0.15) is 18.9 Å². The minimum Gasteiger partial charge on any atom is -0.329 e. The second kappa shape index (κ2) is 2.79. The van der Waals surface area contributed by atoms with Crippen LogP contribution in [-0.4, -0.2) is 15.7 Å². The minimum atomic E-state index is 0.0861. The molecule has 0 atom stereocenters. The molecule has 0 aliphatic heterocycles. The zero-order chi connectivity index (χ0) is 8.55. The fourth-order valence-electron chi connectivity index (χ4n) is 1.37. The van der Waals surface area contributed by atoms with Crippen molar-refractivity contribution in [3.63, 3.8) is 0 Å². The van der Waals surface area contributed by atoms with Gasteiger partial charge in [-0.1, -0.05) is 0 Å². The van der Waals surface area contributed by atoms with Gasteiger partial charge in [0.25, 0.3) is 0 Å². The van der Waals surface area contributed by atoms with E-state index in [1.165, 1.54) is 0 Å². The average molecular weight is 167 g/mol. The van der Waals surface area contributed by atoms with E-state index in [9.17, 15) is 4.79 Å². The van der Waals surface area contributed by atoms with Crippen LogP contribution in [0.2, 0.25) is 0 Å². The lowest BCUT2D eigenvalue weighted by Crippen LogP contribution is -2.25. The number of imidazole rings is 1. The Balaban J connectivity index is 2.27. The summed E-state index contributed by atoms with van der Waals surface area (Å²) in [6.45, 7) is 1.15. The normalized spacial score (nSPS) is 16.8. The summed E-state index contributed by atoms with van der Waals surface area (Å²) < 4.78 is 3.47. The monoisotopic (exact) mass is 167 g/mol. The first kappa shape index (κ1) is 7.61. The lowest BCUT2D eigenvalue weighted by Gasteiger charge is -1.97. The van der Waals surface area contributed by atoms with Crippen LogP contribution in [0.4, 0.5) is 0 Å². The number of aromatic nitrogens is 2. The molecular weight excluding hydrogens is 154 g/mol. The summed E-state index contributed by atoms with van der Waals surface area (Å²) >= 11 is 0. The van der Waals surface area contributed by atoms with Gasteiger partial charge in [-0.05, 0) is 12.8 Å². The highest BCUT2D eigenvalue weighted by Gasteiger charge is 2.25. The molecule has 0 spiro atoms. The van der Waals surface area contributed by atoms with E-state index in [2.05, 4.69) is 0 Å². The van der Waals surface area contributed by atoms with Crippen LogP contribution in [0.5, 0.6) is 0 Å². The number of nitrogens with two attached hydrogens (primary N) is 1. The molecule has 1 aliphatic rings. The van der Waals surface area contributed by atoms with Gasteiger partial charge >= 0.3 is 5.69 Å². The van der Waals surface area contributed by atoms with Gasteiger partial charge in [-0.2, -0.15) is 0 Å². The van der Waals surface area contributed by atoms with E-state index < -0.39 is 0 Å². The molecule has 1 heterocycles. The Labute approximate surface area is 70.6 Å². The van der Waals surface area contributed by atoms with E-state index in [0.717, 1.165) is 12.8 Å². The lowest BCUT2D eigenvalue weighted by atomic mass is 10.6. The zero-order valence-electron chi connectivity index (χ0n) is 6.94. The molecule has 0 saturated heterocycles. The molecule has 4 nitrogen and oxygen atoms in total. The summed E-state index contributed by atoms with van der Waals surface area (Å²) in [5.74, 6) is 0. The third-order valence-electron chi connectivity index (χ3n) is 2.18. The Morgan fingerprint density at radius 3 is 2.83 bits per heavy atom. The molecule has 0 unspecified atom stereocenters. The van der Waals surface area contributed by atoms with E-state index in [1.807, 2.05) is 12.4 Å². The molecule has 1 saturated carbocycles. The predicted octanol–water partition coefficient (Wildman–Crippen LogP) is -0.0566. The Kier molecular flexibility index (Phi) is 1.77. The average Bonchev–Trinajstić information content (AvgIpc) is 2.82. The highest BCUT2D eigenvalue weighted by molar-refractivity contribution is 4.91. The van der Waals surface area contributed by atoms with E-state index in [1.54, 1.807) is 9.13 Å². The third-order valence-corrected chi connectivity index (χ3v) is 2.18. The van der Waals surface area contributed by atoms with Crippen molar-refractivity contribution in [2.75, 3.05) is 6.54 Å². The van der Waals surface area contributed by atoms with Crippen molar-refractivity contribution in [3.8, 4) is 0 Å². The summed E-state index contributed by atoms with van der Waals surface area (Å²) in [7, 11) is 0. The standard InChI is InChI=1S/C8H13N3O/c9-3-4-10-5-6-11(8(10)12)7-1-2-7/h5-7H,1-4,9H2. The summed E-state index contributed by atoms with van der Waals surface area (Å²) in [5.41, 5.74) is 5.45. The fraction of sp³-hybridized carbons (Fsp3) is 0.625. The maximum absolute atomic E-state index is 11.5. The van der Waals surface area contributed by atoms with Crippen LogP contribution in [0.3, 0.4) is 0 Å². The van der Waals surface area contributed by atoms with Crippen LogP contribution in [-0.2, 0) is 6.54 Å². The van der Waals surface area contributed by atoms with E-state index in [-0.39, 0.29) is 5.69 Å². The molecule has 1 aromatic heterocycles. The van der Waals surface area contributed by atoms with Crippen molar-refractivity contribution in [1.29, 1.82) is 0 Å². The first-order chi connectivity index (χ1) is 5.83. The molecule has 1 aromatic rings. The predicted molar refractivity (Wildman–Crippen MR) is 46.0 cm³/mol. The molecule has 0 aromatic carbocycles. The van der Waals surface area contributed by atoms with Crippen molar-refractivity contribution < 1.29 is 0 Å². The highest BCUT2D eigenvalue weighted by Crippen LogP contribution is 2.33. The van der Waals surface area contributed by atoms with Gasteiger partial charge in [-0.3, -0.25) is 9.13 Å². The Morgan fingerprint density at radius 1 is 1.50 bits per heavy atom. The van der Waals surface area contributed by atoms with Gasteiger partial charge in [0.15, 0.2) is 0 Å². The smallest absolute Gasteiger partial charge is 0.328 e. The van der Waals surface area contributed by atoms with Crippen LogP contribution in [0.25, 0.3) is 0 Å². The van der Waals surface area contributed by atoms with Crippen LogP contribution in [0.15, 0.2) is 17.2 Å². The molecule has 2 N–H and O–H groups in total. The maximum atomic E-state index is 11.5. The van der Waals surface area contributed by atoms with Gasteiger partial charge in [0.05, 0.1) is 0 Å². The number of hydrogen-bond donors (Lipinski definition) is 1. The van der Waals surface area contributed by atoms with Gasteiger partial charge in [0.1, 0.15) is 0 Å². The second-order valence-corrected chi connectivity index (χ2v) is 3.20. The number of rotatable bonds is 3. The third kappa shape index (κ3) is 1.18. The first-order valence-corrected chi connectivity index (χ1v) is 4.30. The van der Waals surface area contributed by atoms with Crippen molar-refractivity contribution >= 4 is 0 Å². The zero-order valence-corrected chi connectivity index (χ0v) is 6.94. The van der Waals surface area contributed by atoms with E-state index in [0.29, 0.717) is 19.1 Å². The number of hydrogen-bond acceptors (Lipinski definition) is 2. The van der Waals surface area contributed by atoms with Crippen LogP contribution < -0.4 is 11.4 Å². The minimum absolute atomic E-state index is 0.0861. The van der Waals surface area contributed by atoms with Gasteiger partial charge in [-0.25, -0.2) is 4.79 Å².